The van der Waals surface area contributed by atoms with Gasteiger partial charge in [0, 0.05) is 12.8 Å². The van der Waals surface area contributed by atoms with Gasteiger partial charge in [0.25, 0.3) is 0 Å². The van der Waals surface area contributed by atoms with E-state index in [0.29, 0.717) is 12.8 Å². The minimum absolute atomic E-state index is 0.174. The van der Waals surface area contributed by atoms with Crippen LogP contribution in [0.3, 0.4) is 0 Å². The van der Waals surface area contributed by atoms with Crippen LogP contribution in [0.2, 0.25) is 0 Å². The highest BCUT2D eigenvalue weighted by molar-refractivity contribution is 5.73. The lowest BCUT2D eigenvalue weighted by atomic mass is 9.99. The lowest BCUT2D eigenvalue weighted by Gasteiger charge is -2.38. The molecular weight excluding hydrogens is 777 g/mol. The van der Waals surface area contributed by atoms with Crippen molar-refractivity contribution in [1.82, 2.24) is 0 Å². The van der Waals surface area contributed by atoms with Crippen LogP contribution in [0.1, 0.15) is 226 Å². The molecule has 11 nitrogen and oxygen atoms in total. The van der Waals surface area contributed by atoms with E-state index in [1.807, 2.05) is 0 Å². The van der Waals surface area contributed by atoms with Gasteiger partial charge in [-0.25, -0.2) is 4.79 Å². The second-order valence-electron chi connectivity index (χ2n) is 17.3. The van der Waals surface area contributed by atoms with Crippen LogP contribution in [0.15, 0.2) is 24.3 Å². The van der Waals surface area contributed by atoms with Crippen LogP contribution < -0.4 is 0 Å². The molecule has 0 aromatic heterocycles. The summed E-state index contributed by atoms with van der Waals surface area (Å²) in [6.07, 6.45) is 36.7. The monoisotopic (exact) mass is 867 g/mol. The maximum atomic E-state index is 12.8. The van der Waals surface area contributed by atoms with Crippen LogP contribution in [0, 0.1) is 0 Å². The van der Waals surface area contributed by atoms with Crippen molar-refractivity contribution in [2.24, 2.45) is 0 Å². The molecule has 1 aliphatic rings. The summed E-state index contributed by atoms with van der Waals surface area (Å²) in [4.78, 5) is 36.9. The molecule has 1 rings (SSSR count). The lowest BCUT2D eigenvalue weighted by molar-refractivity contribution is -0.298. The molecule has 11 heteroatoms. The van der Waals surface area contributed by atoms with E-state index in [-0.39, 0.29) is 19.4 Å². The Morgan fingerprint density at radius 1 is 0.492 bits per heavy atom. The maximum absolute atomic E-state index is 12.8. The van der Waals surface area contributed by atoms with Gasteiger partial charge in [-0.1, -0.05) is 173 Å². The highest BCUT2D eigenvalue weighted by atomic mass is 16.7. The summed E-state index contributed by atoms with van der Waals surface area (Å²) < 4.78 is 21.8. The fourth-order valence-electron chi connectivity index (χ4n) is 7.57. The van der Waals surface area contributed by atoms with E-state index < -0.39 is 61.3 Å². The van der Waals surface area contributed by atoms with E-state index in [0.717, 1.165) is 57.8 Å². The van der Waals surface area contributed by atoms with Gasteiger partial charge in [-0.2, -0.15) is 0 Å². The summed E-state index contributed by atoms with van der Waals surface area (Å²) in [5.74, 6) is -2.45. The summed E-state index contributed by atoms with van der Waals surface area (Å²) in [6, 6.07) is 0. The van der Waals surface area contributed by atoms with Gasteiger partial charge in [-0.05, 0) is 64.2 Å². The number of rotatable bonds is 42. The minimum Gasteiger partial charge on any atom is -0.479 e. The van der Waals surface area contributed by atoms with Gasteiger partial charge >= 0.3 is 17.9 Å². The predicted molar refractivity (Wildman–Crippen MR) is 243 cm³/mol. The first-order chi connectivity index (χ1) is 29.7. The standard InChI is InChI=1S/C50H90O11/c1-3-5-7-9-11-13-15-17-18-19-20-21-22-23-24-25-26-27-29-30-32-34-36-38-43(51)58-40-42(41-59-50-47(55)45(53)46(54)48(61-50)49(56)57)60-44(52)39-37-35-33-31-28-16-14-12-10-8-6-4-2/h12,14,19-20,42,45-48,50,53-55H,3-11,13,15-18,21-41H2,1-2H3,(H,56,57)/b14-12-,20-19-. The number of carbonyl (C=O) groups is 3. The molecule has 1 heterocycles. The molecule has 4 N–H and O–H groups in total. The van der Waals surface area contributed by atoms with Crippen LogP contribution in [-0.4, -0.2) is 88.4 Å². The first-order valence-corrected chi connectivity index (χ1v) is 24.9. The lowest BCUT2D eigenvalue weighted by Crippen LogP contribution is -2.60. The fourth-order valence-corrected chi connectivity index (χ4v) is 7.57. The minimum atomic E-state index is -1.86. The van der Waals surface area contributed by atoms with Crippen molar-refractivity contribution in [3.05, 3.63) is 24.3 Å². The number of aliphatic hydroxyl groups excluding tert-OH is 3. The number of carboxylic acids is 1. The van der Waals surface area contributed by atoms with Gasteiger partial charge in [0.05, 0.1) is 6.61 Å². The number of ether oxygens (including phenoxy) is 4. The highest BCUT2D eigenvalue weighted by Crippen LogP contribution is 2.23. The van der Waals surface area contributed by atoms with Crippen molar-refractivity contribution < 1.29 is 53.8 Å². The van der Waals surface area contributed by atoms with Crippen LogP contribution in [0.25, 0.3) is 0 Å². The molecule has 0 spiro atoms. The van der Waals surface area contributed by atoms with Gasteiger partial charge < -0.3 is 39.4 Å². The molecule has 0 aromatic carbocycles. The normalized spacial score (nSPS) is 19.8. The van der Waals surface area contributed by atoms with E-state index in [1.165, 1.54) is 128 Å². The highest BCUT2D eigenvalue weighted by Gasteiger charge is 2.47. The molecule has 6 unspecified atom stereocenters. The Morgan fingerprint density at radius 2 is 0.869 bits per heavy atom. The van der Waals surface area contributed by atoms with Crippen LogP contribution in [0.4, 0.5) is 0 Å². The van der Waals surface area contributed by atoms with Crippen molar-refractivity contribution in [3.8, 4) is 0 Å². The zero-order valence-corrected chi connectivity index (χ0v) is 38.7. The average molecular weight is 867 g/mol. The quantitative estimate of drug-likeness (QED) is 0.0262. The Hall–Kier alpha value is -2.31. The van der Waals surface area contributed by atoms with Crippen molar-refractivity contribution in [1.29, 1.82) is 0 Å². The van der Waals surface area contributed by atoms with Gasteiger partial charge in [-0.3, -0.25) is 9.59 Å². The summed E-state index contributed by atoms with van der Waals surface area (Å²) in [5, 5.41) is 39.8. The average Bonchev–Trinajstić information content (AvgIpc) is 3.24. The Kier molecular flexibility index (Phi) is 37.6. The van der Waals surface area contributed by atoms with Gasteiger partial charge in [-0.15, -0.1) is 0 Å². The second-order valence-corrected chi connectivity index (χ2v) is 17.3. The predicted octanol–water partition coefficient (Wildman–Crippen LogP) is 11.4. The van der Waals surface area contributed by atoms with Crippen molar-refractivity contribution in [2.45, 2.75) is 263 Å². The summed E-state index contributed by atoms with van der Waals surface area (Å²) in [5.41, 5.74) is 0. The number of hydrogen-bond acceptors (Lipinski definition) is 10. The molecule has 356 valence electrons. The Balaban J connectivity index is 2.26. The maximum Gasteiger partial charge on any atom is 0.335 e. The van der Waals surface area contributed by atoms with Gasteiger partial charge in [0.1, 0.15) is 24.9 Å². The van der Waals surface area contributed by atoms with E-state index in [2.05, 4.69) is 38.2 Å². The number of hydrogen-bond donors (Lipinski definition) is 4. The first kappa shape index (κ1) is 56.7. The van der Waals surface area contributed by atoms with E-state index >= 15 is 0 Å². The van der Waals surface area contributed by atoms with Crippen molar-refractivity contribution in [3.63, 3.8) is 0 Å². The SMILES string of the molecule is CCCCC/C=C\CCCCCCCC(=O)OC(COC(=O)CCCCCCCCCCCCC/C=C\CCCCCCCCCC)COC1OC(C(=O)O)C(O)C(O)C1O. The van der Waals surface area contributed by atoms with E-state index in [4.69, 9.17) is 18.9 Å². The molecule has 0 amide bonds. The van der Waals surface area contributed by atoms with Crippen LogP contribution >= 0.6 is 0 Å². The molecule has 1 fully saturated rings. The van der Waals surface area contributed by atoms with E-state index in [1.54, 1.807) is 0 Å². The number of esters is 2. The molecule has 0 radical (unpaired) electrons. The third-order valence-electron chi connectivity index (χ3n) is 11.5. The Bertz CT molecular complexity index is 1110. The molecular formula is C50H90O11. The van der Waals surface area contributed by atoms with E-state index in [9.17, 15) is 34.8 Å². The molecule has 0 aromatic rings. The molecule has 0 aliphatic carbocycles. The van der Waals surface area contributed by atoms with Crippen molar-refractivity contribution in [2.75, 3.05) is 13.2 Å². The largest absolute Gasteiger partial charge is 0.479 e. The molecule has 0 bridgehead atoms. The molecule has 6 atom stereocenters. The second kappa shape index (κ2) is 40.5. The van der Waals surface area contributed by atoms with Gasteiger partial charge in [0.15, 0.2) is 18.5 Å². The molecule has 1 aliphatic heterocycles. The van der Waals surface area contributed by atoms with Crippen LogP contribution in [0.5, 0.6) is 0 Å². The number of aliphatic hydroxyl groups is 3. The number of carboxylic acid groups (broad SMARTS) is 1. The summed E-state index contributed by atoms with van der Waals surface area (Å²) in [6.45, 7) is 3.80. The number of unbranched alkanes of at least 4 members (excludes halogenated alkanes) is 27. The topological polar surface area (TPSA) is 169 Å². The summed E-state index contributed by atoms with van der Waals surface area (Å²) >= 11 is 0. The molecule has 61 heavy (non-hydrogen) atoms. The van der Waals surface area contributed by atoms with Crippen molar-refractivity contribution >= 4 is 17.9 Å². The zero-order valence-electron chi connectivity index (χ0n) is 38.7. The smallest absolute Gasteiger partial charge is 0.335 e. The van der Waals surface area contributed by atoms with Gasteiger partial charge in [0.2, 0.25) is 0 Å². The first-order valence-electron chi connectivity index (χ1n) is 24.9. The summed E-state index contributed by atoms with van der Waals surface area (Å²) in [7, 11) is 0. The molecule has 1 saturated heterocycles. The van der Waals surface area contributed by atoms with Crippen LogP contribution in [-0.2, 0) is 33.3 Å². The fraction of sp³-hybridized carbons (Fsp3) is 0.860. The number of aliphatic carboxylic acids is 1. The zero-order chi connectivity index (χ0) is 44.6. The molecule has 0 saturated carbocycles. The third-order valence-corrected chi connectivity index (χ3v) is 11.5. The number of allylic oxidation sites excluding steroid dienone is 4. The Labute approximate surface area is 370 Å². The third kappa shape index (κ3) is 32.1. The number of carbonyl (C=O) groups excluding carboxylic acids is 2. The Morgan fingerprint density at radius 3 is 1.31 bits per heavy atom.